The van der Waals surface area contributed by atoms with E-state index in [-0.39, 0.29) is 10.8 Å². The highest BCUT2D eigenvalue weighted by Crippen LogP contribution is 2.45. The Bertz CT molecular complexity index is 1780. The Hall–Kier alpha value is -4.68. The summed E-state index contributed by atoms with van der Waals surface area (Å²) in [5.74, 6) is 0. The van der Waals surface area contributed by atoms with Crippen LogP contribution < -0.4 is 0 Å². The van der Waals surface area contributed by atoms with Crippen LogP contribution in [0, 0.1) is 0 Å². The van der Waals surface area contributed by atoms with Crippen molar-refractivity contribution >= 4 is 0 Å². The van der Waals surface area contributed by atoms with Crippen molar-refractivity contribution in [1.29, 1.82) is 0 Å². The molecule has 218 valence electrons. The van der Waals surface area contributed by atoms with Crippen molar-refractivity contribution in [3.63, 3.8) is 0 Å². The molecule has 0 N–H and O–H groups in total. The van der Waals surface area contributed by atoms with Crippen LogP contribution in [0.15, 0.2) is 146 Å². The molecule has 0 spiro atoms. The molecule has 0 atom stereocenters. The first-order chi connectivity index (χ1) is 21.1. The Morgan fingerprint density at radius 2 is 0.386 bits per heavy atom. The normalized spacial score (nSPS) is 11.9. The lowest BCUT2D eigenvalue weighted by atomic mass is 9.79. The van der Waals surface area contributed by atoms with Crippen molar-refractivity contribution in [2.45, 2.75) is 52.4 Å². The van der Waals surface area contributed by atoms with Gasteiger partial charge in [0.2, 0.25) is 0 Å². The van der Waals surface area contributed by atoms with Crippen molar-refractivity contribution in [3.05, 3.63) is 157 Å². The molecule has 0 aliphatic carbocycles. The highest BCUT2D eigenvalue weighted by molar-refractivity contribution is 5.98. The molecule has 0 aliphatic rings. The summed E-state index contributed by atoms with van der Waals surface area (Å²) in [6.45, 7) is 13.8. The summed E-state index contributed by atoms with van der Waals surface area (Å²) in [4.78, 5) is 0. The number of rotatable bonds is 5. The second kappa shape index (κ2) is 11.8. The second-order valence-electron chi connectivity index (χ2n) is 13.8. The summed E-state index contributed by atoms with van der Waals surface area (Å²) in [5.41, 5.74) is 15.4. The molecular formula is C44H42. The van der Waals surface area contributed by atoms with E-state index >= 15 is 0 Å². The maximum atomic E-state index is 2.30. The molecule has 0 bridgehead atoms. The summed E-state index contributed by atoms with van der Waals surface area (Å²) in [5, 5.41) is 0. The van der Waals surface area contributed by atoms with Gasteiger partial charge in [0.25, 0.3) is 0 Å². The first-order valence-electron chi connectivity index (χ1n) is 15.7. The van der Waals surface area contributed by atoms with Gasteiger partial charge in [-0.1, -0.05) is 187 Å². The number of hydrogen-bond donors (Lipinski definition) is 0. The average Bonchev–Trinajstić information content (AvgIpc) is 3.04. The molecule has 44 heavy (non-hydrogen) atoms. The molecule has 0 amide bonds. The van der Waals surface area contributed by atoms with E-state index < -0.39 is 0 Å². The van der Waals surface area contributed by atoms with Gasteiger partial charge in [-0.15, -0.1) is 0 Å². The Kier molecular flexibility index (Phi) is 7.87. The molecule has 0 nitrogen and oxygen atoms in total. The van der Waals surface area contributed by atoms with E-state index in [9.17, 15) is 0 Å². The lowest BCUT2D eigenvalue weighted by molar-refractivity contribution is 0.591. The molecule has 0 aromatic heterocycles. The maximum Gasteiger partial charge on any atom is -0.00990 e. The van der Waals surface area contributed by atoms with Crippen LogP contribution >= 0.6 is 0 Å². The summed E-state index contributed by atoms with van der Waals surface area (Å²) >= 11 is 0. The Labute approximate surface area is 264 Å². The maximum absolute atomic E-state index is 2.30. The molecule has 0 saturated carbocycles. The fourth-order valence-corrected chi connectivity index (χ4v) is 6.56. The minimum atomic E-state index is 0.0306. The molecule has 6 aromatic rings. The highest BCUT2D eigenvalue weighted by atomic mass is 14.3. The van der Waals surface area contributed by atoms with Gasteiger partial charge >= 0.3 is 0 Å². The fraction of sp³-hybridized carbons (Fsp3) is 0.182. The smallest absolute Gasteiger partial charge is 0.00990 e. The third-order valence-corrected chi connectivity index (χ3v) is 8.63. The van der Waals surface area contributed by atoms with Gasteiger partial charge in [-0.25, -0.2) is 0 Å². The van der Waals surface area contributed by atoms with Gasteiger partial charge in [0.1, 0.15) is 0 Å². The molecule has 0 aliphatic heterocycles. The first-order valence-corrected chi connectivity index (χ1v) is 15.7. The minimum Gasteiger partial charge on any atom is -0.0619 e. The molecule has 0 heterocycles. The summed E-state index contributed by atoms with van der Waals surface area (Å²) in [6, 6.07) is 53.3. The van der Waals surface area contributed by atoms with Crippen molar-refractivity contribution in [1.82, 2.24) is 0 Å². The highest BCUT2D eigenvalue weighted by Gasteiger charge is 2.23. The monoisotopic (exact) mass is 570 g/mol. The zero-order valence-corrected chi connectivity index (χ0v) is 26.9. The van der Waals surface area contributed by atoms with Crippen molar-refractivity contribution in [3.8, 4) is 55.6 Å². The standard InChI is InChI=1S/C44H42/c1-43(2,3)41-29-17-15-27-39(41)37-25-13-11-23-35(37)33-21-9-7-19-31(33)32-20-8-10-22-34(32)36-24-12-14-26-38(36)40-28-16-18-30-42(40)44(4,5)6/h7-30H,1-6H3. The number of benzene rings is 6. The number of hydrogen-bond acceptors (Lipinski definition) is 0. The lowest BCUT2D eigenvalue weighted by Crippen LogP contribution is -2.12. The summed E-state index contributed by atoms with van der Waals surface area (Å²) < 4.78 is 0. The molecule has 0 radical (unpaired) electrons. The van der Waals surface area contributed by atoms with Gasteiger partial charge in [-0.05, 0) is 77.6 Å². The van der Waals surface area contributed by atoms with E-state index in [1.807, 2.05) is 0 Å². The molecule has 0 saturated heterocycles. The van der Waals surface area contributed by atoms with Gasteiger partial charge in [0.15, 0.2) is 0 Å². The molecule has 0 unspecified atom stereocenters. The summed E-state index contributed by atoms with van der Waals surface area (Å²) in [6.07, 6.45) is 0. The van der Waals surface area contributed by atoms with Gasteiger partial charge in [0, 0.05) is 0 Å². The summed E-state index contributed by atoms with van der Waals surface area (Å²) in [7, 11) is 0. The van der Waals surface area contributed by atoms with Gasteiger partial charge < -0.3 is 0 Å². The second-order valence-corrected chi connectivity index (χ2v) is 13.8. The van der Waals surface area contributed by atoms with E-state index in [4.69, 9.17) is 0 Å². The Balaban J connectivity index is 1.57. The van der Waals surface area contributed by atoms with Gasteiger partial charge in [0.05, 0.1) is 0 Å². The van der Waals surface area contributed by atoms with Crippen LogP contribution in [0.4, 0.5) is 0 Å². The Morgan fingerprint density at radius 3 is 0.591 bits per heavy atom. The van der Waals surface area contributed by atoms with Crippen molar-refractivity contribution < 1.29 is 0 Å². The van der Waals surface area contributed by atoms with E-state index in [0.717, 1.165) is 0 Å². The zero-order chi connectivity index (χ0) is 30.9. The molecule has 6 aromatic carbocycles. The van der Waals surface area contributed by atoms with E-state index in [1.165, 1.54) is 66.8 Å². The lowest BCUT2D eigenvalue weighted by Gasteiger charge is -2.25. The molecular weight excluding hydrogens is 528 g/mol. The van der Waals surface area contributed by atoms with Crippen LogP contribution in [-0.2, 0) is 10.8 Å². The predicted octanol–water partition coefficient (Wildman–Crippen LogP) is 12.6. The van der Waals surface area contributed by atoms with E-state index in [0.29, 0.717) is 0 Å². The van der Waals surface area contributed by atoms with Crippen LogP contribution in [0.2, 0.25) is 0 Å². The molecule has 6 rings (SSSR count). The molecule has 0 fully saturated rings. The van der Waals surface area contributed by atoms with Crippen molar-refractivity contribution in [2.24, 2.45) is 0 Å². The molecule has 0 heteroatoms. The van der Waals surface area contributed by atoms with Crippen LogP contribution in [0.25, 0.3) is 55.6 Å². The minimum absolute atomic E-state index is 0.0306. The van der Waals surface area contributed by atoms with Crippen LogP contribution in [0.1, 0.15) is 52.7 Å². The average molecular weight is 571 g/mol. The van der Waals surface area contributed by atoms with E-state index in [2.05, 4.69) is 187 Å². The van der Waals surface area contributed by atoms with Gasteiger partial charge in [-0.2, -0.15) is 0 Å². The quantitative estimate of drug-likeness (QED) is 0.193. The Morgan fingerprint density at radius 1 is 0.227 bits per heavy atom. The predicted molar refractivity (Wildman–Crippen MR) is 191 cm³/mol. The SMILES string of the molecule is CC(C)(C)c1ccccc1-c1ccccc1-c1ccccc1-c1ccccc1-c1ccccc1-c1ccccc1C(C)(C)C. The fourth-order valence-electron chi connectivity index (χ4n) is 6.56. The third kappa shape index (κ3) is 5.65. The van der Waals surface area contributed by atoms with Crippen LogP contribution in [0.5, 0.6) is 0 Å². The van der Waals surface area contributed by atoms with E-state index in [1.54, 1.807) is 0 Å². The zero-order valence-electron chi connectivity index (χ0n) is 26.9. The largest absolute Gasteiger partial charge is 0.0619 e. The van der Waals surface area contributed by atoms with Crippen LogP contribution in [-0.4, -0.2) is 0 Å². The van der Waals surface area contributed by atoms with Gasteiger partial charge in [-0.3, -0.25) is 0 Å². The third-order valence-electron chi connectivity index (χ3n) is 8.63. The first kappa shape index (κ1) is 29.4. The van der Waals surface area contributed by atoms with Crippen LogP contribution in [0.3, 0.4) is 0 Å². The van der Waals surface area contributed by atoms with Crippen molar-refractivity contribution in [2.75, 3.05) is 0 Å². The topological polar surface area (TPSA) is 0 Å².